The highest BCUT2D eigenvalue weighted by Gasteiger charge is 2.30. The van der Waals surface area contributed by atoms with E-state index in [-0.39, 0.29) is 17.6 Å². The molecule has 3 rings (SSSR count). The average Bonchev–Trinajstić information content (AvgIpc) is 3.21. The summed E-state index contributed by atoms with van der Waals surface area (Å²) in [6.07, 6.45) is 1.80. The first-order valence-corrected chi connectivity index (χ1v) is 11.0. The lowest BCUT2D eigenvalue weighted by molar-refractivity contribution is -0.120. The van der Waals surface area contributed by atoms with Gasteiger partial charge in [-0.3, -0.25) is 9.36 Å². The molecule has 3 aromatic rings. The van der Waals surface area contributed by atoms with Crippen LogP contribution in [0.5, 0.6) is 5.75 Å². The normalized spacial score (nSPS) is 12.8. The Bertz CT molecular complexity index is 1090. The molecule has 31 heavy (non-hydrogen) atoms. The SMILES string of the molecule is COc1ccccc1-n1c(-c2ccccc2)cnc1SCC(=O)NC(C)(C#N)C(C)C. The zero-order chi connectivity index (χ0) is 22.4. The van der Waals surface area contributed by atoms with Crippen molar-refractivity contribution in [2.75, 3.05) is 12.9 Å². The lowest BCUT2D eigenvalue weighted by atomic mass is 9.90. The molecule has 0 radical (unpaired) electrons. The molecule has 160 valence electrons. The first-order chi connectivity index (χ1) is 14.9. The van der Waals surface area contributed by atoms with Crippen LogP contribution >= 0.6 is 11.8 Å². The number of ether oxygens (including phenoxy) is 1. The Kier molecular flexibility index (Phi) is 7.03. The number of hydrogen-bond donors (Lipinski definition) is 1. The van der Waals surface area contributed by atoms with Crippen LogP contribution in [0.2, 0.25) is 0 Å². The van der Waals surface area contributed by atoms with Crippen molar-refractivity contribution in [3.05, 3.63) is 60.8 Å². The lowest BCUT2D eigenvalue weighted by Crippen LogP contribution is -2.49. The molecule has 1 atom stereocenters. The minimum atomic E-state index is -0.912. The van der Waals surface area contributed by atoms with Crippen molar-refractivity contribution in [2.45, 2.75) is 31.5 Å². The number of imidazole rings is 1. The highest BCUT2D eigenvalue weighted by Crippen LogP contribution is 2.33. The van der Waals surface area contributed by atoms with Crippen molar-refractivity contribution < 1.29 is 9.53 Å². The van der Waals surface area contributed by atoms with Gasteiger partial charge in [0.25, 0.3) is 0 Å². The van der Waals surface area contributed by atoms with Crippen LogP contribution < -0.4 is 10.1 Å². The van der Waals surface area contributed by atoms with E-state index in [0.29, 0.717) is 10.9 Å². The number of benzene rings is 2. The molecule has 1 aromatic heterocycles. The van der Waals surface area contributed by atoms with Crippen LogP contribution in [0, 0.1) is 17.2 Å². The van der Waals surface area contributed by atoms with Gasteiger partial charge in [0.15, 0.2) is 5.16 Å². The van der Waals surface area contributed by atoms with E-state index < -0.39 is 5.54 Å². The number of rotatable bonds is 8. The summed E-state index contributed by atoms with van der Waals surface area (Å²) in [5.41, 5.74) is 1.84. The zero-order valence-corrected chi connectivity index (χ0v) is 18.9. The second kappa shape index (κ2) is 9.71. The molecule has 1 heterocycles. The third kappa shape index (κ3) is 4.92. The Morgan fingerprint density at radius 3 is 2.55 bits per heavy atom. The van der Waals surface area contributed by atoms with Gasteiger partial charge in [-0.1, -0.05) is 68.1 Å². The van der Waals surface area contributed by atoms with Crippen molar-refractivity contribution in [3.8, 4) is 28.8 Å². The Morgan fingerprint density at radius 2 is 1.90 bits per heavy atom. The first-order valence-electron chi connectivity index (χ1n) is 10.0. The molecular weight excluding hydrogens is 408 g/mol. The summed E-state index contributed by atoms with van der Waals surface area (Å²) >= 11 is 1.32. The summed E-state index contributed by atoms with van der Waals surface area (Å²) in [6.45, 7) is 5.57. The summed E-state index contributed by atoms with van der Waals surface area (Å²) in [5.74, 6) is 0.635. The van der Waals surface area contributed by atoms with E-state index in [1.807, 2.05) is 73.0 Å². The molecule has 0 aliphatic carbocycles. The van der Waals surface area contributed by atoms with Gasteiger partial charge in [0.05, 0.1) is 36.5 Å². The minimum Gasteiger partial charge on any atom is -0.495 e. The number of nitrogens with one attached hydrogen (secondary N) is 1. The lowest BCUT2D eigenvalue weighted by Gasteiger charge is -2.27. The molecule has 0 aliphatic heterocycles. The number of methoxy groups -OCH3 is 1. The van der Waals surface area contributed by atoms with E-state index in [2.05, 4.69) is 16.4 Å². The van der Waals surface area contributed by atoms with Crippen LogP contribution in [0.15, 0.2) is 66.0 Å². The summed E-state index contributed by atoms with van der Waals surface area (Å²) in [6, 6.07) is 19.9. The van der Waals surface area contributed by atoms with Crippen LogP contribution in [0.3, 0.4) is 0 Å². The first kappa shape index (κ1) is 22.4. The topological polar surface area (TPSA) is 79.9 Å². The molecule has 1 unspecified atom stereocenters. The number of nitriles is 1. The second-order valence-corrected chi connectivity index (χ2v) is 8.55. The maximum absolute atomic E-state index is 12.6. The number of thioether (sulfide) groups is 1. The van der Waals surface area contributed by atoms with E-state index in [1.165, 1.54) is 11.8 Å². The van der Waals surface area contributed by atoms with Crippen LogP contribution in [0.4, 0.5) is 0 Å². The van der Waals surface area contributed by atoms with Crippen LogP contribution in [-0.2, 0) is 4.79 Å². The Hall–Kier alpha value is -3.24. The van der Waals surface area contributed by atoms with Gasteiger partial charge in [0.2, 0.25) is 5.91 Å². The van der Waals surface area contributed by atoms with Crippen molar-refractivity contribution >= 4 is 17.7 Å². The summed E-state index contributed by atoms with van der Waals surface area (Å²) in [4.78, 5) is 17.2. The summed E-state index contributed by atoms with van der Waals surface area (Å²) in [7, 11) is 1.63. The molecule has 2 aromatic carbocycles. The third-order valence-corrected chi connectivity index (χ3v) is 6.20. The average molecular weight is 435 g/mol. The van der Waals surface area contributed by atoms with E-state index in [9.17, 15) is 10.1 Å². The number of aromatic nitrogens is 2. The zero-order valence-electron chi connectivity index (χ0n) is 18.1. The van der Waals surface area contributed by atoms with Gasteiger partial charge >= 0.3 is 0 Å². The van der Waals surface area contributed by atoms with Crippen LogP contribution in [-0.4, -0.2) is 33.9 Å². The van der Waals surface area contributed by atoms with Crippen molar-refractivity contribution in [1.82, 2.24) is 14.9 Å². The second-order valence-electron chi connectivity index (χ2n) is 7.61. The van der Waals surface area contributed by atoms with Gasteiger partial charge in [0, 0.05) is 5.56 Å². The van der Waals surface area contributed by atoms with Crippen molar-refractivity contribution in [2.24, 2.45) is 5.92 Å². The van der Waals surface area contributed by atoms with Crippen molar-refractivity contribution in [1.29, 1.82) is 5.26 Å². The quantitative estimate of drug-likeness (QED) is 0.520. The molecule has 7 heteroatoms. The predicted molar refractivity (Wildman–Crippen MR) is 123 cm³/mol. The standard InChI is InChI=1S/C24H26N4O2S/c1-17(2)24(3,16-25)27-22(29)15-31-23-26-14-20(18-10-6-5-7-11-18)28(23)19-12-8-9-13-21(19)30-4/h5-14,17H,15H2,1-4H3,(H,27,29). The summed E-state index contributed by atoms with van der Waals surface area (Å²) < 4.78 is 7.57. The molecule has 0 saturated carbocycles. The molecule has 0 bridgehead atoms. The predicted octanol–water partition coefficient (Wildman–Crippen LogP) is 4.69. The van der Waals surface area contributed by atoms with Crippen LogP contribution in [0.1, 0.15) is 20.8 Å². The molecule has 1 amide bonds. The molecule has 0 saturated heterocycles. The fourth-order valence-electron chi connectivity index (χ4n) is 3.05. The van der Waals surface area contributed by atoms with Gasteiger partial charge in [-0.15, -0.1) is 0 Å². The van der Waals surface area contributed by atoms with E-state index in [1.54, 1.807) is 20.2 Å². The Balaban J connectivity index is 1.94. The number of amides is 1. The highest BCUT2D eigenvalue weighted by atomic mass is 32.2. The van der Waals surface area contributed by atoms with E-state index in [4.69, 9.17) is 4.74 Å². The molecular formula is C24H26N4O2S. The summed E-state index contributed by atoms with van der Waals surface area (Å²) in [5, 5.41) is 13.0. The molecule has 0 aliphatic rings. The number of carbonyl (C=O) groups excluding carboxylic acids is 1. The molecule has 1 N–H and O–H groups in total. The fraction of sp³-hybridized carbons (Fsp3) is 0.292. The van der Waals surface area contributed by atoms with Gasteiger partial charge < -0.3 is 10.1 Å². The molecule has 6 nitrogen and oxygen atoms in total. The van der Waals surface area contributed by atoms with Crippen LogP contribution in [0.25, 0.3) is 16.9 Å². The highest BCUT2D eigenvalue weighted by molar-refractivity contribution is 7.99. The number of carbonyl (C=O) groups is 1. The fourth-order valence-corrected chi connectivity index (χ4v) is 3.84. The van der Waals surface area contributed by atoms with Gasteiger partial charge in [-0.05, 0) is 25.0 Å². The van der Waals surface area contributed by atoms with Gasteiger partial charge in [-0.25, -0.2) is 4.98 Å². The number of nitrogens with zero attached hydrogens (tertiary/aromatic N) is 3. The maximum atomic E-state index is 12.6. The number of para-hydroxylation sites is 2. The van der Waals surface area contributed by atoms with E-state index in [0.717, 1.165) is 16.9 Å². The van der Waals surface area contributed by atoms with E-state index >= 15 is 0 Å². The molecule has 0 spiro atoms. The van der Waals surface area contributed by atoms with Gasteiger partial charge in [0.1, 0.15) is 11.3 Å². The smallest absolute Gasteiger partial charge is 0.231 e. The Morgan fingerprint density at radius 1 is 1.23 bits per heavy atom. The Labute approximate surface area is 187 Å². The van der Waals surface area contributed by atoms with Gasteiger partial charge in [-0.2, -0.15) is 5.26 Å². The molecule has 0 fully saturated rings. The largest absolute Gasteiger partial charge is 0.495 e. The maximum Gasteiger partial charge on any atom is 0.231 e. The number of hydrogen-bond acceptors (Lipinski definition) is 5. The van der Waals surface area contributed by atoms with Crippen molar-refractivity contribution in [3.63, 3.8) is 0 Å². The third-order valence-electron chi connectivity index (χ3n) is 5.24. The monoisotopic (exact) mass is 434 g/mol. The minimum absolute atomic E-state index is 0.00769.